The van der Waals surface area contributed by atoms with Gasteiger partial charge < -0.3 is 10.2 Å². The lowest BCUT2D eigenvalue weighted by molar-refractivity contribution is -0.161. The predicted molar refractivity (Wildman–Crippen MR) is 74.6 cm³/mol. The van der Waals surface area contributed by atoms with Crippen LogP contribution in [0.1, 0.15) is 65.7 Å². The zero-order chi connectivity index (χ0) is 14.0. The molecule has 1 aliphatic heterocycles. The van der Waals surface area contributed by atoms with Gasteiger partial charge in [-0.2, -0.15) is 0 Å². The van der Waals surface area contributed by atoms with Gasteiger partial charge >= 0.3 is 0 Å². The SMILES string of the molecule is CCC1NC(=O)C(C)(CC)N(C2CCCCC2)C1=O. The first kappa shape index (κ1) is 14.4. The van der Waals surface area contributed by atoms with Gasteiger partial charge in [0.1, 0.15) is 11.6 Å². The molecule has 1 N–H and O–H groups in total. The molecule has 1 aliphatic carbocycles. The fourth-order valence-corrected chi connectivity index (χ4v) is 3.43. The van der Waals surface area contributed by atoms with Gasteiger partial charge in [-0.15, -0.1) is 0 Å². The summed E-state index contributed by atoms with van der Waals surface area (Å²) in [6, 6.07) is -0.0691. The van der Waals surface area contributed by atoms with Crippen molar-refractivity contribution in [3.05, 3.63) is 0 Å². The van der Waals surface area contributed by atoms with Crippen LogP contribution in [0.3, 0.4) is 0 Å². The number of amides is 2. The third-order valence-corrected chi connectivity index (χ3v) is 4.90. The monoisotopic (exact) mass is 266 g/mol. The Morgan fingerprint density at radius 2 is 1.84 bits per heavy atom. The number of carbonyl (C=O) groups excluding carboxylic acids is 2. The molecule has 1 saturated heterocycles. The van der Waals surface area contributed by atoms with Crippen LogP contribution in [0.5, 0.6) is 0 Å². The Hall–Kier alpha value is -1.06. The van der Waals surface area contributed by atoms with Gasteiger partial charge in [-0.05, 0) is 32.6 Å². The highest BCUT2D eigenvalue weighted by Crippen LogP contribution is 2.33. The minimum Gasteiger partial charge on any atom is -0.342 e. The van der Waals surface area contributed by atoms with Crippen molar-refractivity contribution in [1.29, 1.82) is 0 Å². The molecule has 0 spiro atoms. The van der Waals surface area contributed by atoms with E-state index in [1.54, 1.807) is 0 Å². The minimum absolute atomic E-state index is 0.0204. The molecule has 2 fully saturated rings. The average Bonchev–Trinajstić information content (AvgIpc) is 2.44. The van der Waals surface area contributed by atoms with Crippen molar-refractivity contribution in [3.8, 4) is 0 Å². The Morgan fingerprint density at radius 1 is 1.21 bits per heavy atom. The molecule has 4 heteroatoms. The Balaban J connectivity index is 2.31. The molecule has 19 heavy (non-hydrogen) atoms. The van der Waals surface area contributed by atoms with Gasteiger partial charge in [-0.25, -0.2) is 0 Å². The molecule has 1 saturated carbocycles. The van der Waals surface area contributed by atoms with Gasteiger partial charge in [0, 0.05) is 6.04 Å². The largest absolute Gasteiger partial charge is 0.342 e. The maximum absolute atomic E-state index is 12.7. The average molecular weight is 266 g/mol. The molecule has 0 bridgehead atoms. The van der Waals surface area contributed by atoms with Crippen LogP contribution in [-0.4, -0.2) is 34.3 Å². The first-order valence-corrected chi connectivity index (χ1v) is 7.68. The Bertz CT molecular complexity index is 363. The molecule has 0 radical (unpaired) electrons. The zero-order valence-corrected chi connectivity index (χ0v) is 12.4. The Labute approximate surface area is 115 Å². The highest BCUT2D eigenvalue weighted by molar-refractivity contribution is 5.99. The van der Waals surface area contributed by atoms with Crippen LogP contribution in [0.15, 0.2) is 0 Å². The quantitative estimate of drug-likeness (QED) is 0.851. The summed E-state index contributed by atoms with van der Waals surface area (Å²) in [5, 5.41) is 2.90. The van der Waals surface area contributed by atoms with E-state index >= 15 is 0 Å². The van der Waals surface area contributed by atoms with Crippen molar-refractivity contribution >= 4 is 11.8 Å². The summed E-state index contributed by atoms with van der Waals surface area (Å²) in [5.74, 6) is 0.144. The van der Waals surface area contributed by atoms with Crippen LogP contribution in [0.25, 0.3) is 0 Å². The van der Waals surface area contributed by atoms with Crippen molar-refractivity contribution < 1.29 is 9.59 Å². The predicted octanol–water partition coefficient (Wildman–Crippen LogP) is 2.22. The van der Waals surface area contributed by atoms with Crippen LogP contribution in [0.4, 0.5) is 0 Å². The lowest BCUT2D eigenvalue weighted by atomic mass is 9.84. The summed E-state index contributed by atoms with van der Waals surface area (Å²) in [4.78, 5) is 27.0. The Kier molecular flexibility index (Phi) is 4.16. The molecule has 0 aromatic rings. The first-order valence-electron chi connectivity index (χ1n) is 7.68. The van der Waals surface area contributed by atoms with Crippen LogP contribution in [0.2, 0.25) is 0 Å². The van der Waals surface area contributed by atoms with E-state index in [0.717, 1.165) is 12.8 Å². The van der Waals surface area contributed by atoms with Crippen molar-refractivity contribution in [3.63, 3.8) is 0 Å². The number of rotatable bonds is 3. The van der Waals surface area contributed by atoms with Crippen LogP contribution in [-0.2, 0) is 9.59 Å². The molecule has 0 aromatic carbocycles. The van der Waals surface area contributed by atoms with Gasteiger partial charge in [-0.3, -0.25) is 9.59 Å². The fourth-order valence-electron chi connectivity index (χ4n) is 3.43. The molecular weight excluding hydrogens is 240 g/mol. The smallest absolute Gasteiger partial charge is 0.246 e. The van der Waals surface area contributed by atoms with E-state index in [9.17, 15) is 9.59 Å². The van der Waals surface area contributed by atoms with Gasteiger partial charge in [0.15, 0.2) is 0 Å². The second-order valence-electron chi connectivity index (χ2n) is 6.06. The molecule has 0 aromatic heterocycles. The van der Waals surface area contributed by atoms with E-state index < -0.39 is 5.54 Å². The summed E-state index contributed by atoms with van der Waals surface area (Å²) < 4.78 is 0. The molecule has 2 amide bonds. The van der Waals surface area contributed by atoms with E-state index in [1.807, 2.05) is 25.7 Å². The summed E-state index contributed by atoms with van der Waals surface area (Å²) in [6.45, 7) is 5.87. The zero-order valence-electron chi connectivity index (χ0n) is 12.4. The fraction of sp³-hybridized carbons (Fsp3) is 0.867. The van der Waals surface area contributed by atoms with Crippen LogP contribution < -0.4 is 5.32 Å². The maximum atomic E-state index is 12.7. The van der Waals surface area contributed by atoms with Crippen molar-refractivity contribution in [1.82, 2.24) is 10.2 Å². The van der Waals surface area contributed by atoms with Crippen LogP contribution in [0, 0.1) is 0 Å². The van der Waals surface area contributed by atoms with E-state index in [-0.39, 0.29) is 23.9 Å². The van der Waals surface area contributed by atoms with E-state index in [0.29, 0.717) is 12.8 Å². The second-order valence-corrected chi connectivity index (χ2v) is 6.06. The maximum Gasteiger partial charge on any atom is 0.246 e. The third kappa shape index (κ3) is 2.37. The van der Waals surface area contributed by atoms with Gasteiger partial charge in [-0.1, -0.05) is 33.1 Å². The molecule has 108 valence electrons. The standard InChI is InChI=1S/C15H26N2O2/c1-4-12-13(18)17(11-9-7-6-8-10-11)15(3,5-2)14(19)16-12/h11-12H,4-10H2,1-3H3,(H,16,19). The van der Waals surface area contributed by atoms with Gasteiger partial charge in [0.25, 0.3) is 0 Å². The van der Waals surface area contributed by atoms with E-state index in [4.69, 9.17) is 0 Å². The number of carbonyl (C=O) groups is 2. The molecule has 2 aliphatic rings. The molecule has 2 unspecified atom stereocenters. The number of hydrogen-bond donors (Lipinski definition) is 1. The summed E-state index contributed by atoms with van der Waals surface area (Å²) in [7, 11) is 0. The van der Waals surface area contributed by atoms with Gasteiger partial charge in [0.2, 0.25) is 11.8 Å². The highest BCUT2D eigenvalue weighted by Gasteiger charge is 2.50. The Morgan fingerprint density at radius 3 is 2.37 bits per heavy atom. The first-order chi connectivity index (χ1) is 9.04. The topological polar surface area (TPSA) is 49.4 Å². The third-order valence-electron chi connectivity index (χ3n) is 4.90. The number of piperazine rings is 1. The summed E-state index contributed by atoms with van der Waals surface area (Å²) in [5.41, 5.74) is -0.662. The molecule has 4 nitrogen and oxygen atoms in total. The van der Waals surface area contributed by atoms with Crippen LogP contribution >= 0.6 is 0 Å². The number of nitrogens with one attached hydrogen (secondary N) is 1. The highest BCUT2D eigenvalue weighted by atomic mass is 16.2. The van der Waals surface area contributed by atoms with Crippen molar-refractivity contribution in [2.24, 2.45) is 0 Å². The molecule has 2 rings (SSSR count). The second kappa shape index (κ2) is 5.51. The van der Waals surface area contributed by atoms with Crippen molar-refractivity contribution in [2.75, 3.05) is 0 Å². The number of hydrogen-bond acceptors (Lipinski definition) is 2. The van der Waals surface area contributed by atoms with E-state index in [2.05, 4.69) is 5.32 Å². The molecule has 2 atom stereocenters. The molecular formula is C15H26N2O2. The lowest BCUT2D eigenvalue weighted by Crippen LogP contribution is -2.71. The minimum atomic E-state index is -0.662. The van der Waals surface area contributed by atoms with Crippen molar-refractivity contribution in [2.45, 2.75) is 83.3 Å². The summed E-state index contributed by atoms with van der Waals surface area (Å²) >= 11 is 0. The normalized spacial score (nSPS) is 33.4. The number of nitrogens with zero attached hydrogens (tertiary/aromatic N) is 1. The lowest BCUT2D eigenvalue weighted by Gasteiger charge is -2.50. The molecule has 1 heterocycles. The summed E-state index contributed by atoms with van der Waals surface area (Å²) in [6.07, 6.45) is 7.05. The van der Waals surface area contributed by atoms with Gasteiger partial charge in [0.05, 0.1) is 0 Å². The van der Waals surface area contributed by atoms with E-state index in [1.165, 1.54) is 19.3 Å².